The number of hydrogen-bond donors (Lipinski definition) is 2. The second-order valence-corrected chi connectivity index (χ2v) is 8.63. The number of nitrogens with one attached hydrogen (secondary N) is 1. The molecule has 2 saturated heterocycles. The van der Waals surface area contributed by atoms with E-state index in [9.17, 15) is 19.5 Å². The van der Waals surface area contributed by atoms with Gasteiger partial charge in [0.25, 0.3) is 0 Å². The molecule has 0 spiro atoms. The van der Waals surface area contributed by atoms with Crippen LogP contribution in [-0.2, 0) is 20.7 Å². The van der Waals surface area contributed by atoms with Crippen LogP contribution in [0.2, 0.25) is 0 Å². The van der Waals surface area contributed by atoms with Crippen LogP contribution < -0.4 is 5.32 Å². The number of rotatable bonds is 4. The van der Waals surface area contributed by atoms with E-state index >= 15 is 0 Å². The van der Waals surface area contributed by atoms with Crippen LogP contribution in [0.3, 0.4) is 0 Å². The number of carboxylic acid groups (broad SMARTS) is 1. The highest BCUT2D eigenvalue weighted by Gasteiger charge is 2.50. The minimum absolute atomic E-state index is 0.0735. The number of carboxylic acids is 1. The summed E-state index contributed by atoms with van der Waals surface area (Å²) in [4.78, 5) is 38.4. The summed E-state index contributed by atoms with van der Waals surface area (Å²) in [6, 6.07) is 8.20. The number of carbonyl (C=O) groups is 3. The first kappa shape index (κ1) is 20.2. The Morgan fingerprint density at radius 2 is 1.89 bits per heavy atom. The molecule has 7 nitrogen and oxygen atoms in total. The summed E-state index contributed by atoms with van der Waals surface area (Å²) in [6.45, 7) is 5.26. The van der Waals surface area contributed by atoms with Gasteiger partial charge in [-0.1, -0.05) is 30.3 Å². The fourth-order valence-corrected chi connectivity index (χ4v) is 4.31. The molecule has 0 radical (unpaired) electrons. The Morgan fingerprint density at radius 3 is 2.50 bits per heavy atom. The minimum Gasteiger partial charge on any atom is -0.480 e. The van der Waals surface area contributed by atoms with Gasteiger partial charge in [-0.05, 0) is 57.9 Å². The number of amides is 2. The van der Waals surface area contributed by atoms with Crippen molar-refractivity contribution in [1.82, 2.24) is 10.2 Å². The number of fused-ring (bicyclic) bond motifs is 1. The Balaban J connectivity index is 1.81. The van der Waals surface area contributed by atoms with E-state index in [-0.39, 0.29) is 17.9 Å². The van der Waals surface area contributed by atoms with E-state index in [1.807, 2.05) is 30.3 Å². The number of nitrogens with zero attached hydrogens (tertiary/aromatic N) is 1. The lowest BCUT2D eigenvalue weighted by molar-refractivity contribution is -0.154. The van der Waals surface area contributed by atoms with Gasteiger partial charge in [0.05, 0.1) is 0 Å². The van der Waals surface area contributed by atoms with Crippen molar-refractivity contribution in [1.29, 1.82) is 0 Å². The maximum absolute atomic E-state index is 13.0. The van der Waals surface area contributed by atoms with Crippen LogP contribution in [0.25, 0.3) is 0 Å². The van der Waals surface area contributed by atoms with E-state index in [4.69, 9.17) is 4.74 Å². The van der Waals surface area contributed by atoms with Crippen molar-refractivity contribution in [2.75, 3.05) is 0 Å². The molecular formula is C21H28N2O5. The molecule has 1 aromatic rings. The van der Waals surface area contributed by atoms with Crippen LogP contribution in [0.4, 0.5) is 4.79 Å². The number of carbonyl (C=O) groups excluding carboxylic acids is 2. The van der Waals surface area contributed by atoms with Gasteiger partial charge in [-0.2, -0.15) is 0 Å². The Hall–Kier alpha value is -2.57. The summed E-state index contributed by atoms with van der Waals surface area (Å²) in [5.41, 5.74) is 0.460. The van der Waals surface area contributed by atoms with Crippen LogP contribution >= 0.6 is 0 Å². The van der Waals surface area contributed by atoms with Crippen LogP contribution in [-0.4, -0.2) is 51.7 Å². The molecule has 2 aliphatic heterocycles. The molecule has 2 heterocycles. The van der Waals surface area contributed by atoms with Gasteiger partial charge in [0.1, 0.15) is 17.7 Å². The number of piperidine rings is 1. The maximum Gasteiger partial charge on any atom is 0.408 e. The van der Waals surface area contributed by atoms with Crippen LogP contribution in [0.1, 0.15) is 45.6 Å². The van der Waals surface area contributed by atoms with Crippen LogP contribution in [0.5, 0.6) is 0 Å². The van der Waals surface area contributed by atoms with Crippen molar-refractivity contribution in [2.24, 2.45) is 5.92 Å². The zero-order chi connectivity index (χ0) is 20.5. The molecule has 0 saturated carbocycles. The predicted octanol–water partition coefficient (Wildman–Crippen LogP) is 2.59. The van der Waals surface area contributed by atoms with Gasteiger partial charge < -0.3 is 20.1 Å². The van der Waals surface area contributed by atoms with Gasteiger partial charge in [-0.3, -0.25) is 4.79 Å². The molecule has 152 valence electrons. The first-order valence-electron chi connectivity index (χ1n) is 9.74. The monoisotopic (exact) mass is 388 g/mol. The highest BCUT2D eigenvalue weighted by Crippen LogP contribution is 2.38. The lowest BCUT2D eigenvalue weighted by Crippen LogP contribution is -2.61. The molecule has 2 N–H and O–H groups in total. The summed E-state index contributed by atoms with van der Waals surface area (Å²) in [5, 5.41) is 12.2. The zero-order valence-corrected chi connectivity index (χ0v) is 16.6. The van der Waals surface area contributed by atoms with Crippen LogP contribution in [0.15, 0.2) is 30.3 Å². The number of alkyl carbamates (subject to hydrolysis) is 1. The average Bonchev–Trinajstić information content (AvgIpc) is 3.04. The number of hydrogen-bond acceptors (Lipinski definition) is 4. The smallest absolute Gasteiger partial charge is 0.408 e. The Labute approximate surface area is 165 Å². The molecule has 0 aliphatic carbocycles. The summed E-state index contributed by atoms with van der Waals surface area (Å²) in [6.07, 6.45) is 1.65. The van der Waals surface area contributed by atoms with Gasteiger partial charge in [0, 0.05) is 6.04 Å². The van der Waals surface area contributed by atoms with Gasteiger partial charge in [-0.25, -0.2) is 9.59 Å². The fourth-order valence-electron chi connectivity index (χ4n) is 4.31. The lowest BCUT2D eigenvalue weighted by Gasteiger charge is -2.42. The maximum atomic E-state index is 13.0. The van der Waals surface area contributed by atoms with E-state index in [0.717, 1.165) is 12.0 Å². The molecule has 2 amide bonds. The van der Waals surface area contributed by atoms with Crippen molar-refractivity contribution in [2.45, 2.75) is 70.2 Å². The molecular weight excluding hydrogens is 360 g/mol. The molecule has 28 heavy (non-hydrogen) atoms. The first-order chi connectivity index (χ1) is 13.2. The molecule has 0 bridgehead atoms. The van der Waals surface area contributed by atoms with E-state index in [1.165, 1.54) is 4.90 Å². The Bertz CT molecular complexity index is 743. The van der Waals surface area contributed by atoms with Gasteiger partial charge in [-0.15, -0.1) is 0 Å². The first-order valence-corrected chi connectivity index (χ1v) is 9.74. The number of aliphatic carboxylic acids is 1. The molecule has 4 atom stereocenters. The zero-order valence-electron chi connectivity index (χ0n) is 16.6. The topological polar surface area (TPSA) is 95.9 Å². The van der Waals surface area contributed by atoms with Crippen LogP contribution in [0, 0.1) is 5.92 Å². The van der Waals surface area contributed by atoms with E-state index in [2.05, 4.69) is 5.32 Å². The third-order valence-electron chi connectivity index (χ3n) is 5.38. The third-order valence-corrected chi connectivity index (χ3v) is 5.38. The standard InChI is InChI=1S/C21H28N2O5/c1-21(2,3)28-20(27)22-15-12-14(11-13-7-5-4-6-8-13)16-9-10-17(19(25)26)23(16)18(15)24/h4-8,14-17H,9-12H2,1-3H3,(H,22,27)(H,25,26)/t14-,15-,16+,17-/m0/s1. The van der Waals surface area contributed by atoms with Crippen molar-refractivity contribution < 1.29 is 24.2 Å². The van der Waals surface area contributed by atoms with E-state index in [1.54, 1.807) is 20.8 Å². The quantitative estimate of drug-likeness (QED) is 0.827. The molecule has 0 unspecified atom stereocenters. The van der Waals surface area contributed by atoms with Crippen molar-refractivity contribution in [3.8, 4) is 0 Å². The normalized spacial score (nSPS) is 27.2. The summed E-state index contributed by atoms with van der Waals surface area (Å²) < 4.78 is 5.29. The second-order valence-electron chi connectivity index (χ2n) is 8.63. The Morgan fingerprint density at radius 1 is 1.21 bits per heavy atom. The van der Waals surface area contributed by atoms with E-state index < -0.39 is 29.7 Å². The highest BCUT2D eigenvalue weighted by molar-refractivity contribution is 5.91. The Kier molecular flexibility index (Phi) is 5.63. The molecule has 2 aliphatic rings. The largest absolute Gasteiger partial charge is 0.480 e. The van der Waals surface area contributed by atoms with Crippen molar-refractivity contribution in [3.05, 3.63) is 35.9 Å². The second kappa shape index (κ2) is 7.81. The highest BCUT2D eigenvalue weighted by atomic mass is 16.6. The van der Waals surface area contributed by atoms with Crippen molar-refractivity contribution in [3.63, 3.8) is 0 Å². The fraction of sp³-hybridized carbons (Fsp3) is 0.571. The van der Waals surface area contributed by atoms with E-state index in [0.29, 0.717) is 19.3 Å². The van der Waals surface area contributed by atoms with Gasteiger partial charge >= 0.3 is 12.1 Å². The van der Waals surface area contributed by atoms with Crippen molar-refractivity contribution >= 4 is 18.0 Å². The molecule has 0 aromatic heterocycles. The SMILES string of the molecule is CC(C)(C)OC(=O)N[C@H]1C[C@H](Cc2ccccc2)[C@H]2CC[C@@H](C(=O)O)N2C1=O. The van der Waals surface area contributed by atoms with Gasteiger partial charge in [0.2, 0.25) is 5.91 Å². The summed E-state index contributed by atoms with van der Waals surface area (Å²) in [7, 11) is 0. The third kappa shape index (κ3) is 4.46. The molecule has 3 rings (SSSR count). The predicted molar refractivity (Wildman–Crippen MR) is 103 cm³/mol. The molecule has 7 heteroatoms. The average molecular weight is 388 g/mol. The minimum atomic E-state index is -0.993. The number of ether oxygens (including phenoxy) is 1. The van der Waals surface area contributed by atoms with Gasteiger partial charge in [0.15, 0.2) is 0 Å². The molecule has 1 aromatic carbocycles. The number of benzene rings is 1. The molecule has 2 fully saturated rings. The lowest BCUT2D eigenvalue weighted by atomic mass is 9.82. The summed E-state index contributed by atoms with van der Waals surface area (Å²) in [5.74, 6) is -1.25. The summed E-state index contributed by atoms with van der Waals surface area (Å²) >= 11 is 0.